The molecule has 0 radical (unpaired) electrons. The number of aliphatic hydroxyl groups excluding tert-OH is 1. The Labute approximate surface area is 151 Å². The molecule has 3 N–H and O–H groups in total. The minimum absolute atomic E-state index is 0.105. The minimum Gasteiger partial charge on any atom is -0.466 e. The second kappa shape index (κ2) is 6.18. The van der Waals surface area contributed by atoms with Gasteiger partial charge in [-0.3, -0.25) is 5.32 Å². The Bertz CT molecular complexity index is 752. The molecule has 1 aliphatic carbocycles. The topological polar surface area (TPSA) is 60.7 Å². The molecule has 5 unspecified atom stereocenters. The van der Waals surface area contributed by atoms with E-state index >= 15 is 0 Å². The maximum atomic E-state index is 14.5. The van der Waals surface area contributed by atoms with Crippen molar-refractivity contribution in [1.82, 2.24) is 15.8 Å². The van der Waals surface area contributed by atoms with Gasteiger partial charge in [-0.2, -0.15) is 0 Å². The molecule has 1 aromatic heterocycles. The SMILES string of the molecule is CC(C)(C)NC(O)C1NN(C2=C(F)CC(F)C=C2)C2Cc3ccc(o3)C12. The maximum Gasteiger partial charge on any atom is 0.128 e. The number of fused-ring (bicyclic) bond motifs is 4. The monoisotopic (exact) mass is 365 g/mol. The number of nitrogens with zero attached hydrogens (tertiary/aromatic N) is 1. The molecular weight excluding hydrogens is 340 g/mol. The summed E-state index contributed by atoms with van der Waals surface area (Å²) in [6, 6.07) is 3.34. The highest BCUT2D eigenvalue weighted by Gasteiger charge is 2.50. The van der Waals surface area contributed by atoms with E-state index in [0.29, 0.717) is 12.1 Å². The molecule has 1 aromatic rings. The summed E-state index contributed by atoms with van der Waals surface area (Å²) in [6.45, 7) is 5.92. The fourth-order valence-electron chi connectivity index (χ4n) is 4.10. The maximum absolute atomic E-state index is 14.5. The molecule has 1 saturated heterocycles. The molecule has 3 aliphatic rings. The van der Waals surface area contributed by atoms with Crippen molar-refractivity contribution < 1.29 is 18.3 Å². The molecule has 2 aliphatic heterocycles. The first-order valence-corrected chi connectivity index (χ1v) is 9.03. The van der Waals surface area contributed by atoms with Crippen LogP contribution in [0.2, 0.25) is 0 Å². The highest BCUT2D eigenvalue weighted by molar-refractivity contribution is 5.33. The van der Waals surface area contributed by atoms with Gasteiger partial charge in [-0.05, 0) is 45.1 Å². The Morgan fingerprint density at radius 3 is 2.81 bits per heavy atom. The van der Waals surface area contributed by atoms with Crippen LogP contribution < -0.4 is 10.7 Å². The summed E-state index contributed by atoms with van der Waals surface area (Å²) < 4.78 is 33.8. The van der Waals surface area contributed by atoms with E-state index in [2.05, 4.69) is 10.7 Å². The lowest BCUT2D eigenvalue weighted by molar-refractivity contribution is 0.0580. The molecule has 26 heavy (non-hydrogen) atoms. The first-order chi connectivity index (χ1) is 12.2. The number of halogens is 2. The lowest BCUT2D eigenvalue weighted by atomic mass is 9.87. The van der Waals surface area contributed by atoms with E-state index in [1.807, 2.05) is 32.9 Å². The van der Waals surface area contributed by atoms with Crippen LogP contribution in [0.25, 0.3) is 0 Å². The van der Waals surface area contributed by atoms with Gasteiger partial charge >= 0.3 is 0 Å². The van der Waals surface area contributed by atoms with Crippen LogP contribution in [0.4, 0.5) is 8.78 Å². The number of hydrazine groups is 1. The Hall–Kier alpha value is -1.70. The largest absolute Gasteiger partial charge is 0.466 e. The molecule has 4 rings (SSSR count). The van der Waals surface area contributed by atoms with Crippen LogP contribution in [0, 0.1) is 0 Å². The van der Waals surface area contributed by atoms with Gasteiger partial charge in [-0.25, -0.2) is 14.2 Å². The zero-order valence-corrected chi connectivity index (χ0v) is 15.2. The second-order valence-corrected chi connectivity index (χ2v) is 8.33. The van der Waals surface area contributed by atoms with Crippen molar-refractivity contribution in [2.45, 2.75) is 69.6 Å². The predicted molar refractivity (Wildman–Crippen MR) is 93.4 cm³/mol. The number of aliphatic hydroxyl groups is 1. The number of furan rings is 1. The Kier molecular flexibility index (Phi) is 4.21. The highest BCUT2D eigenvalue weighted by atomic mass is 19.1. The van der Waals surface area contributed by atoms with Gasteiger partial charge in [0, 0.05) is 18.4 Å². The van der Waals surface area contributed by atoms with E-state index in [4.69, 9.17) is 4.42 Å². The third kappa shape index (κ3) is 3.08. The summed E-state index contributed by atoms with van der Waals surface area (Å²) in [5, 5.41) is 15.7. The van der Waals surface area contributed by atoms with E-state index in [-0.39, 0.29) is 23.9 Å². The summed E-state index contributed by atoms with van der Waals surface area (Å²) >= 11 is 0. The molecule has 5 nitrogen and oxygen atoms in total. The van der Waals surface area contributed by atoms with Crippen LogP contribution in [-0.2, 0) is 6.42 Å². The molecule has 1 fully saturated rings. The van der Waals surface area contributed by atoms with Gasteiger partial charge in [0.25, 0.3) is 0 Å². The van der Waals surface area contributed by atoms with Crippen molar-refractivity contribution in [1.29, 1.82) is 0 Å². The summed E-state index contributed by atoms with van der Waals surface area (Å²) in [7, 11) is 0. The molecule has 0 saturated carbocycles. The van der Waals surface area contributed by atoms with Gasteiger partial charge < -0.3 is 14.5 Å². The summed E-state index contributed by atoms with van der Waals surface area (Å²) in [4.78, 5) is 0. The number of rotatable bonds is 3. The fraction of sp³-hybridized carbons (Fsp3) is 0.579. The van der Waals surface area contributed by atoms with Crippen LogP contribution in [0.15, 0.2) is 40.2 Å². The van der Waals surface area contributed by atoms with Crippen molar-refractivity contribution in [3.05, 3.63) is 47.3 Å². The van der Waals surface area contributed by atoms with Gasteiger partial charge in [0.2, 0.25) is 0 Å². The zero-order valence-electron chi connectivity index (χ0n) is 15.2. The molecule has 0 aromatic carbocycles. The number of allylic oxidation sites excluding steroid dienone is 3. The van der Waals surface area contributed by atoms with Gasteiger partial charge in [0.15, 0.2) is 0 Å². The van der Waals surface area contributed by atoms with E-state index in [0.717, 1.165) is 11.5 Å². The van der Waals surface area contributed by atoms with Gasteiger partial charge in [0.05, 0.1) is 23.7 Å². The molecule has 2 bridgehead atoms. The smallest absolute Gasteiger partial charge is 0.128 e. The Balaban J connectivity index is 1.67. The lowest BCUT2D eigenvalue weighted by Gasteiger charge is -2.31. The van der Waals surface area contributed by atoms with Crippen molar-refractivity contribution in [2.24, 2.45) is 0 Å². The predicted octanol–water partition coefficient (Wildman–Crippen LogP) is 2.66. The zero-order chi connectivity index (χ0) is 18.6. The normalized spacial score (nSPS) is 32.2. The molecular formula is C19H25F2N3O2. The first-order valence-electron chi connectivity index (χ1n) is 9.03. The van der Waals surface area contributed by atoms with Gasteiger partial charge in [-0.15, -0.1) is 0 Å². The van der Waals surface area contributed by atoms with Crippen molar-refractivity contribution in [3.63, 3.8) is 0 Å². The van der Waals surface area contributed by atoms with E-state index in [1.165, 1.54) is 12.2 Å². The average Bonchev–Trinajstić information content (AvgIpc) is 3.09. The molecule has 5 atom stereocenters. The molecule has 0 spiro atoms. The quantitative estimate of drug-likeness (QED) is 0.719. The summed E-state index contributed by atoms with van der Waals surface area (Å²) in [5.41, 5.74) is 3.30. The summed E-state index contributed by atoms with van der Waals surface area (Å²) in [6.07, 6.45) is 1.05. The second-order valence-electron chi connectivity index (χ2n) is 8.33. The first kappa shape index (κ1) is 17.7. The Morgan fingerprint density at radius 1 is 1.35 bits per heavy atom. The third-order valence-electron chi connectivity index (χ3n) is 5.14. The van der Waals surface area contributed by atoms with Crippen LogP contribution in [0.3, 0.4) is 0 Å². The minimum atomic E-state index is -1.29. The average molecular weight is 365 g/mol. The van der Waals surface area contributed by atoms with E-state index < -0.39 is 24.3 Å². The molecule has 3 heterocycles. The van der Waals surface area contributed by atoms with Crippen LogP contribution >= 0.6 is 0 Å². The van der Waals surface area contributed by atoms with Crippen LogP contribution in [0.1, 0.15) is 44.6 Å². The van der Waals surface area contributed by atoms with Gasteiger partial charge in [-0.1, -0.05) is 0 Å². The lowest BCUT2D eigenvalue weighted by Crippen LogP contribution is -2.54. The molecule has 0 amide bonds. The number of alkyl halides is 1. The highest BCUT2D eigenvalue weighted by Crippen LogP contribution is 2.43. The standard InChI is InChI=1S/C19H25F2N3O2/c1-19(2,3)22-18(25)17-16-14(9-11-5-7-15(16)26-11)24(23-17)13-6-4-10(20)8-12(13)21/h4-7,10,14,16-18,22-23,25H,8-9H2,1-3H3. The van der Waals surface area contributed by atoms with Gasteiger partial charge in [0.1, 0.15) is 29.7 Å². The van der Waals surface area contributed by atoms with Crippen molar-refractivity contribution >= 4 is 0 Å². The number of hydrogen-bond donors (Lipinski definition) is 3. The number of hydrogen-bond acceptors (Lipinski definition) is 5. The molecule has 7 heteroatoms. The summed E-state index contributed by atoms with van der Waals surface area (Å²) in [5.74, 6) is 0.984. The van der Waals surface area contributed by atoms with Crippen molar-refractivity contribution in [3.8, 4) is 0 Å². The number of nitrogens with one attached hydrogen (secondary N) is 2. The Morgan fingerprint density at radius 2 is 2.12 bits per heavy atom. The van der Waals surface area contributed by atoms with Crippen LogP contribution in [0.5, 0.6) is 0 Å². The van der Waals surface area contributed by atoms with Crippen LogP contribution in [-0.4, -0.2) is 40.1 Å². The van der Waals surface area contributed by atoms with E-state index in [9.17, 15) is 13.9 Å². The third-order valence-corrected chi connectivity index (χ3v) is 5.14. The van der Waals surface area contributed by atoms with E-state index in [1.54, 1.807) is 5.01 Å². The molecule has 142 valence electrons. The van der Waals surface area contributed by atoms with Crippen molar-refractivity contribution in [2.75, 3.05) is 0 Å². The fourth-order valence-corrected chi connectivity index (χ4v) is 4.10.